The lowest BCUT2D eigenvalue weighted by Crippen LogP contribution is -2.05. The normalized spacial score (nSPS) is 14.1. The molecule has 1 N–H and O–H groups in total. The lowest BCUT2D eigenvalue weighted by molar-refractivity contribution is 0.451. The van der Waals surface area contributed by atoms with Crippen LogP contribution in [0.4, 0.5) is 5.82 Å². The van der Waals surface area contributed by atoms with Gasteiger partial charge in [0.1, 0.15) is 17.4 Å². The van der Waals surface area contributed by atoms with Gasteiger partial charge >= 0.3 is 0 Å². The minimum atomic E-state index is 0.499. The molecule has 2 aromatic rings. The summed E-state index contributed by atoms with van der Waals surface area (Å²) in [7, 11) is 1.88. The maximum Gasteiger partial charge on any atom is 0.227 e. The van der Waals surface area contributed by atoms with Gasteiger partial charge in [0.05, 0.1) is 5.56 Å². The van der Waals surface area contributed by atoms with Crippen molar-refractivity contribution in [3.8, 4) is 11.6 Å². The predicted octanol–water partition coefficient (Wildman–Crippen LogP) is 4.11. The first-order valence-electron chi connectivity index (χ1n) is 7.40. The first kappa shape index (κ1) is 13.9. The molecule has 4 nitrogen and oxygen atoms in total. The summed E-state index contributed by atoms with van der Waals surface area (Å²) in [6.07, 6.45) is 2.35. The van der Waals surface area contributed by atoms with Crippen molar-refractivity contribution in [2.24, 2.45) is 0 Å². The molecule has 1 aliphatic carbocycles. The second-order valence-electron chi connectivity index (χ2n) is 5.68. The Hall–Kier alpha value is -2.10. The van der Waals surface area contributed by atoms with E-state index in [0.717, 1.165) is 28.5 Å². The smallest absolute Gasteiger partial charge is 0.227 e. The molecule has 3 rings (SSSR count). The van der Waals surface area contributed by atoms with Crippen LogP contribution in [0.1, 0.15) is 41.3 Å². The zero-order valence-corrected chi connectivity index (χ0v) is 13.0. The number of nitrogens with one attached hydrogen (secondary N) is 1. The Bertz CT molecular complexity index is 678. The molecule has 110 valence electrons. The fourth-order valence-corrected chi connectivity index (χ4v) is 2.32. The fourth-order valence-electron chi connectivity index (χ4n) is 2.32. The van der Waals surface area contributed by atoms with Crippen molar-refractivity contribution >= 4 is 5.82 Å². The summed E-state index contributed by atoms with van der Waals surface area (Å²) in [5.41, 5.74) is 3.31. The highest BCUT2D eigenvalue weighted by molar-refractivity contribution is 5.50. The van der Waals surface area contributed by atoms with Gasteiger partial charge in [0.2, 0.25) is 5.88 Å². The van der Waals surface area contributed by atoms with Crippen LogP contribution in [0.25, 0.3) is 0 Å². The molecule has 0 aliphatic heterocycles. The van der Waals surface area contributed by atoms with Crippen molar-refractivity contribution in [3.63, 3.8) is 0 Å². The van der Waals surface area contributed by atoms with Gasteiger partial charge in [-0.25, -0.2) is 4.98 Å². The average Bonchev–Trinajstić information content (AvgIpc) is 3.30. The molecule has 0 spiro atoms. The van der Waals surface area contributed by atoms with E-state index in [9.17, 15) is 0 Å². The summed E-state index contributed by atoms with van der Waals surface area (Å²) in [6, 6.07) is 6.08. The summed E-state index contributed by atoms with van der Waals surface area (Å²) in [5.74, 6) is 3.77. The first-order valence-corrected chi connectivity index (χ1v) is 7.40. The third-order valence-corrected chi connectivity index (χ3v) is 4.06. The quantitative estimate of drug-likeness (QED) is 0.917. The number of rotatable bonds is 4. The molecule has 0 saturated heterocycles. The zero-order valence-electron chi connectivity index (χ0n) is 13.0. The van der Waals surface area contributed by atoms with Crippen molar-refractivity contribution < 1.29 is 4.74 Å². The molecule has 1 aromatic carbocycles. The molecular weight excluding hydrogens is 262 g/mol. The van der Waals surface area contributed by atoms with E-state index in [0.29, 0.717) is 11.8 Å². The fraction of sp³-hybridized carbons (Fsp3) is 0.412. The highest BCUT2D eigenvalue weighted by Gasteiger charge is 2.28. The standard InChI is InChI=1S/C17H21N3O/c1-10-6-5-7-14(11(10)2)21-17-12(3)15(18-4)19-16(20-17)13-8-9-13/h5-7,13H,8-9H2,1-4H3,(H,18,19,20). The van der Waals surface area contributed by atoms with Crippen LogP contribution in [0, 0.1) is 20.8 Å². The Kier molecular flexibility index (Phi) is 3.53. The molecule has 1 aliphatic rings. The number of hydrogen-bond donors (Lipinski definition) is 1. The van der Waals surface area contributed by atoms with E-state index in [2.05, 4.69) is 35.2 Å². The largest absolute Gasteiger partial charge is 0.438 e. The van der Waals surface area contributed by atoms with Gasteiger partial charge in [-0.1, -0.05) is 12.1 Å². The van der Waals surface area contributed by atoms with E-state index in [1.54, 1.807) is 0 Å². The van der Waals surface area contributed by atoms with Crippen LogP contribution >= 0.6 is 0 Å². The van der Waals surface area contributed by atoms with E-state index in [1.807, 2.05) is 26.1 Å². The zero-order chi connectivity index (χ0) is 15.0. The molecule has 1 heterocycles. The Balaban J connectivity index is 2.01. The number of aryl methyl sites for hydroxylation is 1. The van der Waals surface area contributed by atoms with Crippen molar-refractivity contribution in [1.82, 2.24) is 9.97 Å². The van der Waals surface area contributed by atoms with E-state index < -0.39 is 0 Å². The minimum Gasteiger partial charge on any atom is -0.438 e. The molecule has 1 aromatic heterocycles. The molecule has 1 saturated carbocycles. The van der Waals surface area contributed by atoms with Crippen LogP contribution in [0.2, 0.25) is 0 Å². The van der Waals surface area contributed by atoms with E-state index >= 15 is 0 Å². The highest BCUT2D eigenvalue weighted by atomic mass is 16.5. The summed E-state index contributed by atoms with van der Waals surface area (Å²) in [4.78, 5) is 9.23. The number of anilines is 1. The molecule has 21 heavy (non-hydrogen) atoms. The molecule has 4 heteroatoms. The second-order valence-corrected chi connectivity index (χ2v) is 5.68. The lowest BCUT2D eigenvalue weighted by atomic mass is 10.1. The lowest BCUT2D eigenvalue weighted by Gasteiger charge is -2.14. The molecule has 0 atom stereocenters. The van der Waals surface area contributed by atoms with E-state index in [1.165, 1.54) is 18.4 Å². The Morgan fingerprint density at radius 3 is 2.52 bits per heavy atom. The van der Waals surface area contributed by atoms with Crippen molar-refractivity contribution in [2.75, 3.05) is 12.4 Å². The monoisotopic (exact) mass is 283 g/mol. The number of hydrogen-bond acceptors (Lipinski definition) is 4. The Labute approximate surface area is 125 Å². The van der Waals surface area contributed by atoms with Crippen LogP contribution in [0.5, 0.6) is 11.6 Å². The van der Waals surface area contributed by atoms with Crippen molar-refractivity contribution in [1.29, 1.82) is 0 Å². The Morgan fingerprint density at radius 1 is 1.10 bits per heavy atom. The molecule has 0 amide bonds. The van der Waals surface area contributed by atoms with Crippen LogP contribution in [0.3, 0.4) is 0 Å². The second kappa shape index (κ2) is 5.35. The van der Waals surface area contributed by atoms with Crippen molar-refractivity contribution in [3.05, 3.63) is 40.7 Å². The van der Waals surface area contributed by atoms with Gasteiger partial charge in [-0.15, -0.1) is 0 Å². The number of nitrogens with zero attached hydrogens (tertiary/aromatic N) is 2. The maximum atomic E-state index is 6.09. The summed E-state index contributed by atoms with van der Waals surface area (Å²) < 4.78 is 6.09. The highest BCUT2D eigenvalue weighted by Crippen LogP contribution is 2.40. The van der Waals surface area contributed by atoms with Gasteiger partial charge in [0.25, 0.3) is 0 Å². The first-order chi connectivity index (χ1) is 10.1. The van der Waals surface area contributed by atoms with Crippen LogP contribution < -0.4 is 10.1 Å². The van der Waals surface area contributed by atoms with Crippen LogP contribution in [-0.2, 0) is 0 Å². The maximum absolute atomic E-state index is 6.09. The topological polar surface area (TPSA) is 47.0 Å². The summed E-state index contributed by atoms with van der Waals surface area (Å²) in [6.45, 7) is 6.15. The molecule has 0 radical (unpaired) electrons. The van der Waals surface area contributed by atoms with Crippen LogP contribution in [-0.4, -0.2) is 17.0 Å². The van der Waals surface area contributed by atoms with E-state index in [-0.39, 0.29) is 0 Å². The van der Waals surface area contributed by atoms with Crippen molar-refractivity contribution in [2.45, 2.75) is 39.5 Å². The van der Waals surface area contributed by atoms with Gasteiger partial charge in [0, 0.05) is 13.0 Å². The molecule has 0 bridgehead atoms. The molecule has 1 fully saturated rings. The number of benzene rings is 1. The van der Waals surface area contributed by atoms with Gasteiger partial charge in [-0.2, -0.15) is 4.98 Å². The van der Waals surface area contributed by atoms with Gasteiger partial charge < -0.3 is 10.1 Å². The number of aromatic nitrogens is 2. The summed E-state index contributed by atoms with van der Waals surface area (Å²) in [5, 5.41) is 3.14. The molecule has 0 unspecified atom stereocenters. The molecular formula is C17H21N3O. The third kappa shape index (κ3) is 2.71. The van der Waals surface area contributed by atoms with Gasteiger partial charge in [-0.05, 0) is 50.8 Å². The van der Waals surface area contributed by atoms with Gasteiger partial charge in [-0.3, -0.25) is 0 Å². The minimum absolute atomic E-state index is 0.499. The van der Waals surface area contributed by atoms with E-state index in [4.69, 9.17) is 4.74 Å². The van der Waals surface area contributed by atoms with Gasteiger partial charge in [0.15, 0.2) is 0 Å². The average molecular weight is 283 g/mol. The third-order valence-electron chi connectivity index (χ3n) is 4.06. The summed E-state index contributed by atoms with van der Waals surface area (Å²) >= 11 is 0. The predicted molar refractivity (Wildman–Crippen MR) is 84.3 cm³/mol. The Morgan fingerprint density at radius 2 is 1.86 bits per heavy atom. The van der Waals surface area contributed by atoms with Crippen LogP contribution in [0.15, 0.2) is 18.2 Å². The number of ether oxygens (including phenoxy) is 1. The SMILES string of the molecule is CNc1nc(C2CC2)nc(Oc2cccc(C)c2C)c1C.